The second kappa shape index (κ2) is 6.40. The molecule has 1 saturated carbocycles. The molecule has 0 radical (unpaired) electrons. The van der Waals surface area contributed by atoms with Crippen LogP contribution in [0.25, 0.3) is 0 Å². The lowest BCUT2D eigenvalue weighted by Crippen LogP contribution is -2.58. The Morgan fingerprint density at radius 2 is 2.10 bits per heavy atom. The summed E-state index contributed by atoms with van der Waals surface area (Å²) in [6, 6.07) is -0.422. The molecule has 2 rings (SSSR count). The highest BCUT2D eigenvalue weighted by Crippen LogP contribution is 2.28. The van der Waals surface area contributed by atoms with E-state index in [4.69, 9.17) is 0 Å². The van der Waals surface area contributed by atoms with Crippen molar-refractivity contribution in [2.45, 2.75) is 44.1 Å². The summed E-state index contributed by atoms with van der Waals surface area (Å²) >= 11 is 0. The summed E-state index contributed by atoms with van der Waals surface area (Å²) in [5.74, 6) is -0.944. The number of imidazole rings is 1. The number of urea groups is 1. The summed E-state index contributed by atoms with van der Waals surface area (Å²) < 4.78 is 0. The van der Waals surface area contributed by atoms with E-state index in [0.717, 1.165) is 25.0 Å². The maximum absolute atomic E-state index is 11.8. The Kier molecular flexibility index (Phi) is 4.60. The van der Waals surface area contributed by atoms with E-state index in [1.807, 2.05) is 0 Å². The van der Waals surface area contributed by atoms with E-state index in [1.165, 1.54) is 0 Å². The van der Waals surface area contributed by atoms with Gasteiger partial charge in [0.2, 0.25) is 0 Å². The lowest BCUT2D eigenvalue weighted by atomic mass is 9.82. The van der Waals surface area contributed by atoms with E-state index in [1.54, 1.807) is 12.5 Å². The molecule has 1 heterocycles. The second-order valence-electron chi connectivity index (χ2n) is 5.16. The highest BCUT2D eigenvalue weighted by molar-refractivity contribution is 5.86. The zero-order valence-electron chi connectivity index (χ0n) is 11.3. The smallest absolute Gasteiger partial charge is 0.329 e. The lowest BCUT2D eigenvalue weighted by molar-refractivity contribution is -0.145. The number of nitrogens with one attached hydrogen (secondary N) is 3. The van der Waals surface area contributed by atoms with Crippen LogP contribution in [0.1, 0.15) is 37.8 Å². The normalized spacial score (nSPS) is 17.4. The molecule has 0 spiro atoms. The molecule has 1 aliphatic carbocycles. The first-order chi connectivity index (χ1) is 9.62. The molecule has 0 unspecified atom stereocenters. The Hall–Kier alpha value is -2.05. The summed E-state index contributed by atoms with van der Waals surface area (Å²) in [7, 11) is 0. The van der Waals surface area contributed by atoms with Gasteiger partial charge in [0.25, 0.3) is 0 Å². The standard InChI is InChI=1S/C13H20N4O3/c18-11(19)13(5-2-1-3-6-13)17-12(20)15-7-4-10-8-14-9-16-10/h8-9H,1-7H2,(H,14,16)(H,18,19)(H2,15,17,20). The van der Waals surface area contributed by atoms with Crippen molar-refractivity contribution < 1.29 is 14.7 Å². The molecule has 2 amide bonds. The van der Waals surface area contributed by atoms with E-state index in [9.17, 15) is 14.7 Å². The van der Waals surface area contributed by atoms with Crippen LogP contribution in [0.4, 0.5) is 4.79 Å². The van der Waals surface area contributed by atoms with Gasteiger partial charge in [-0.15, -0.1) is 0 Å². The molecule has 0 atom stereocenters. The molecule has 1 aliphatic rings. The van der Waals surface area contributed by atoms with Crippen LogP contribution >= 0.6 is 0 Å². The Morgan fingerprint density at radius 3 is 2.70 bits per heavy atom. The minimum atomic E-state index is -1.10. The molecule has 20 heavy (non-hydrogen) atoms. The maximum atomic E-state index is 11.8. The van der Waals surface area contributed by atoms with Crippen LogP contribution in [0.2, 0.25) is 0 Å². The van der Waals surface area contributed by atoms with Crippen LogP contribution in [0.15, 0.2) is 12.5 Å². The van der Waals surface area contributed by atoms with Crippen LogP contribution in [0.3, 0.4) is 0 Å². The third-order valence-electron chi connectivity index (χ3n) is 3.70. The molecule has 0 bridgehead atoms. The molecule has 1 fully saturated rings. The lowest BCUT2D eigenvalue weighted by Gasteiger charge is -2.33. The molecule has 0 aromatic carbocycles. The zero-order valence-corrected chi connectivity index (χ0v) is 11.3. The predicted octanol–water partition coefficient (Wildman–Crippen LogP) is 1.04. The van der Waals surface area contributed by atoms with Crippen LogP contribution in [-0.4, -0.2) is 39.2 Å². The van der Waals surface area contributed by atoms with E-state index < -0.39 is 17.5 Å². The first-order valence-electron chi connectivity index (χ1n) is 6.89. The van der Waals surface area contributed by atoms with E-state index in [-0.39, 0.29) is 0 Å². The highest BCUT2D eigenvalue weighted by Gasteiger charge is 2.40. The largest absolute Gasteiger partial charge is 0.480 e. The number of nitrogens with zero attached hydrogens (tertiary/aromatic N) is 1. The van der Waals surface area contributed by atoms with Crippen LogP contribution < -0.4 is 10.6 Å². The third-order valence-corrected chi connectivity index (χ3v) is 3.70. The molecular weight excluding hydrogens is 260 g/mol. The zero-order chi connectivity index (χ0) is 14.4. The number of carbonyl (C=O) groups is 2. The number of rotatable bonds is 5. The Balaban J connectivity index is 1.81. The maximum Gasteiger partial charge on any atom is 0.329 e. The van der Waals surface area contributed by atoms with Crippen molar-refractivity contribution in [3.63, 3.8) is 0 Å². The second-order valence-corrected chi connectivity index (χ2v) is 5.16. The summed E-state index contributed by atoms with van der Waals surface area (Å²) in [6.45, 7) is 0.434. The molecular formula is C13H20N4O3. The topological polar surface area (TPSA) is 107 Å². The van der Waals surface area contributed by atoms with E-state index in [2.05, 4.69) is 20.6 Å². The van der Waals surface area contributed by atoms with Crippen LogP contribution in [0.5, 0.6) is 0 Å². The highest BCUT2D eigenvalue weighted by atomic mass is 16.4. The van der Waals surface area contributed by atoms with Gasteiger partial charge in [-0.1, -0.05) is 19.3 Å². The fraction of sp³-hybridized carbons (Fsp3) is 0.615. The quantitative estimate of drug-likeness (QED) is 0.646. The van der Waals surface area contributed by atoms with Crippen molar-refractivity contribution in [3.05, 3.63) is 18.2 Å². The van der Waals surface area contributed by atoms with Crippen molar-refractivity contribution >= 4 is 12.0 Å². The van der Waals surface area contributed by atoms with Gasteiger partial charge in [-0.05, 0) is 12.8 Å². The van der Waals surface area contributed by atoms with E-state index in [0.29, 0.717) is 25.8 Å². The summed E-state index contributed by atoms with van der Waals surface area (Å²) in [4.78, 5) is 30.1. The van der Waals surface area contributed by atoms with Gasteiger partial charge in [-0.3, -0.25) is 0 Å². The summed E-state index contributed by atoms with van der Waals surface area (Å²) in [5, 5.41) is 14.7. The van der Waals surface area contributed by atoms with Crippen molar-refractivity contribution in [1.29, 1.82) is 0 Å². The molecule has 7 nitrogen and oxygen atoms in total. The number of carboxylic acids is 1. The van der Waals surface area contributed by atoms with Gasteiger partial charge in [0, 0.05) is 24.9 Å². The van der Waals surface area contributed by atoms with Crippen molar-refractivity contribution in [2.24, 2.45) is 0 Å². The molecule has 4 N–H and O–H groups in total. The van der Waals surface area contributed by atoms with Gasteiger partial charge in [-0.2, -0.15) is 0 Å². The van der Waals surface area contributed by atoms with Gasteiger partial charge in [0.05, 0.1) is 6.33 Å². The van der Waals surface area contributed by atoms with Crippen molar-refractivity contribution in [2.75, 3.05) is 6.54 Å². The van der Waals surface area contributed by atoms with Crippen LogP contribution in [0, 0.1) is 0 Å². The molecule has 1 aromatic rings. The van der Waals surface area contributed by atoms with Crippen molar-refractivity contribution in [3.8, 4) is 0 Å². The minimum absolute atomic E-state index is 0.422. The van der Waals surface area contributed by atoms with Gasteiger partial charge >= 0.3 is 12.0 Å². The number of carboxylic acid groups (broad SMARTS) is 1. The number of aromatic nitrogens is 2. The number of aliphatic carboxylic acids is 1. The van der Waals surface area contributed by atoms with Gasteiger partial charge in [0.15, 0.2) is 0 Å². The predicted molar refractivity (Wildman–Crippen MR) is 72.3 cm³/mol. The SMILES string of the molecule is O=C(NCCc1cnc[nH]1)NC1(C(=O)O)CCCCC1. The summed E-state index contributed by atoms with van der Waals surface area (Å²) in [6.07, 6.45) is 7.59. The van der Waals surface area contributed by atoms with Gasteiger partial charge in [-0.25, -0.2) is 14.6 Å². The number of amides is 2. The Bertz CT molecular complexity index is 452. The third kappa shape index (κ3) is 3.49. The molecule has 7 heteroatoms. The number of aromatic amines is 1. The number of carbonyl (C=O) groups excluding carboxylic acids is 1. The fourth-order valence-electron chi connectivity index (χ4n) is 2.54. The first kappa shape index (κ1) is 14.4. The number of hydrogen-bond donors (Lipinski definition) is 4. The monoisotopic (exact) mass is 280 g/mol. The fourth-order valence-corrected chi connectivity index (χ4v) is 2.54. The molecule has 0 saturated heterocycles. The first-order valence-corrected chi connectivity index (χ1v) is 6.89. The Labute approximate surface area is 117 Å². The minimum Gasteiger partial charge on any atom is -0.480 e. The van der Waals surface area contributed by atoms with Crippen LogP contribution in [-0.2, 0) is 11.2 Å². The van der Waals surface area contributed by atoms with Crippen molar-refractivity contribution in [1.82, 2.24) is 20.6 Å². The molecule has 1 aromatic heterocycles. The number of H-pyrrole nitrogens is 1. The average Bonchev–Trinajstić information content (AvgIpc) is 2.93. The van der Waals surface area contributed by atoms with E-state index >= 15 is 0 Å². The molecule has 110 valence electrons. The summed E-state index contributed by atoms with van der Waals surface area (Å²) in [5.41, 5.74) is -0.174. The van der Waals surface area contributed by atoms with Gasteiger partial charge < -0.3 is 20.7 Å². The molecule has 0 aliphatic heterocycles. The Morgan fingerprint density at radius 1 is 1.35 bits per heavy atom. The average molecular weight is 280 g/mol. The number of hydrogen-bond acceptors (Lipinski definition) is 3. The van der Waals surface area contributed by atoms with Gasteiger partial charge in [0.1, 0.15) is 5.54 Å².